The zero-order chi connectivity index (χ0) is 10.6. The van der Waals surface area contributed by atoms with E-state index in [0.29, 0.717) is 6.42 Å². The Kier molecular flexibility index (Phi) is 9.98. The standard InChI is InChI=1S/C10H20N2O2/c1-13-9-4-7-12(6-3-5-11)8-10-14-2/h3-4,6-10H2,1-2H3. The van der Waals surface area contributed by atoms with E-state index >= 15 is 0 Å². The molecule has 0 amide bonds. The maximum absolute atomic E-state index is 8.48. The second kappa shape index (κ2) is 10.5. The lowest BCUT2D eigenvalue weighted by Gasteiger charge is -2.20. The maximum Gasteiger partial charge on any atom is 0.0635 e. The van der Waals surface area contributed by atoms with E-state index < -0.39 is 0 Å². The number of methoxy groups -OCH3 is 2. The first kappa shape index (κ1) is 13.4. The van der Waals surface area contributed by atoms with Crippen molar-refractivity contribution in [2.45, 2.75) is 12.8 Å². The number of ether oxygens (including phenoxy) is 2. The third-order valence-corrected chi connectivity index (χ3v) is 1.97. The molecule has 0 heterocycles. The van der Waals surface area contributed by atoms with Crippen molar-refractivity contribution in [3.05, 3.63) is 0 Å². The van der Waals surface area contributed by atoms with E-state index in [2.05, 4.69) is 11.0 Å². The molecule has 0 aliphatic carbocycles. The second-order valence-electron chi connectivity index (χ2n) is 3.09. The van der Waals surface area contributed by atoms with Crippen LogP contribution in [0.3, 0.4) is 0 Å². The van der Waals surface area contributed by atoms with E-state index in [1.807, 2.05) is 0 Å². The molecule has 0 bridgehead atoms. The van der Waals surface area contributed by atoms with Crippen LogP contribution in [0.25, 0.3) is 0 Å². The summed E-state index contributed by atoms with van der Waals surface area (Å²) in [6.45, 7) is 4.18. The molecule has 0 fully saturated rings. The topological polar surface area (TPSA) is 45.5 Å². The molecule has 4 nitrogen and oxygen atoms in total. The fourth-order valence-electron chi connectivity index (χ4n) is 1.20. The van der Waals surface area contributed by atoms with Crippen molar-refractivity contribution in [3.8, 4) is 6.07 Å². The largest absolute Gasteiger partial charge is 0.385 e. The SMILES string of the molecule is COCCCN(CCC#N)CCOC. The molecule has 0 spiro atoms. The zero-order valence-electron chi connectivity index (χ0n) is 9.16. The summed E-state index contributed by atoms with van der Waals surface area (Å²) < 4.78 is 9.98. The first-order chi connectivity index (χ1) is 6.85. The molecule has 0 aromatic rings. The number of hydrogen-bond donors (Lipinski definition) is 0. The molecule has 0 saturated carbocycles. The molecule has 4 heteroatoms. The summed E-state index contributed by atoms with van der Waals surface area (Å²) in [7, 11) is 3.40. The average Bonchev–Trinajstić information content (AvgIpc) is 2.21. The summed E-state index contributed by atoms with van der Waals surface area (Å²) in [5.41, 5.74) is 0. The number of hydrogen-bond acceptors (Lipinski definition) is 4. The Hall–Kier alpha value is -0.630. The van der Waals surface area contributed by atoms with Crippen molar-refractivity contribution < 1.29 is 9.47 Å². The van der Waals surface area contributed by atoms with Gasteiger partial charge < -0.3 is 9.47 Å². The summed E-state index contributed by atoms with van der Waals surface area (Å²) in [4.78, 5) is 2.23. The van der Waals surface area contributed by atoms with Gasteiger partial charge in [0.05, 0.1) is 12.7 Å². The van der Waals surface area contributed by atoms with Crippen molar-refractivity contribution in [1.82, 2.24) is 4.90 Å². The monoisotopic (exact) mass is 200 g/mol. The fourth-order valence-corrected chi connectivity index (χ4v) is 1.20. The van der Waals surface area contributed by atoms with Gasteiger partial charge in [0.15, 0.2) is 0 Å². The van der Waals surface area contributed by atoms with E-state index in [9.17, 15) is 0 Å². The first-order valence-electron chi connectivity index (χ1n) is 4.92. The van der Waals surface area contributed by atoms with Crippen molar-refractivity contribution in [2.75, 3.05) is 47.1 Å². The van der Waals surface area contributed by atoms with E-state index in [-0.39, 0.29) is 0 Å². The van der Waals surface area contributed by atoms with Gasteiger partial charge in [0.25, 0.3) is 0 Å². The van der Waals surface area contributed by atoms with Crippen molar-refractivity contribution >= 4 is 0 Å². The third-order valence-electron chi connectivity index (χ3n) is 1.97. The Bertz CT molecular complexity index is 157. The minimum Gasteiger partial charge on any atom is -0.385 e. The summed E-state index contributed by atoms with van der Waals surface area (Å²) in [5.74, 6) is 0. The smallest absolute Gasteiger partial charge is 0.0635 e. The lowest BCUT2D eigenvalue weighted by atomic mass is 10.3. The number of nitriles is 1. The van der Waals surface area contributed by atoms with Crippen molar-refractivity contribution in [3.63, 3.8) is 0 Å². The predicted molar refractivity (Wildman–Crippen MR) is 55.0 cm³/mol. The van der Waals surface area contributed by atoms with Crippen LogP contribution in [-0.2, 0) is 9.47 Å². The Balaban J connectivity index is 3.56. The van der Waals surface area contributed by atoms with Crippen LogP contribution in [0.5, 0.6) is 0 Å². The van der Waals surface area contributed by atoms with Gasteiger partial charge in [-0.05, 0) is 6.42 Å². The quantitative estimate of drug-likeness (QED) is 0.518. The first-order valence-corrected chi connectivity index (χ1v) is 4.92. The highest BCUT2D eigenvalue weighted by Gasteiger charge is 2.03. The Morgan fingerprint density at radius 1 is 1.07 bits per heavy atom. The molecule has 0 radical (unpaired) electrons. The maximum atomic E-state index is 8.48. The van der Waals surface area contributed by atoms with Crippen LogP contribution < -0.4 is 0 Å². The lowest BCUT2D eigenvalue weighted by Crippen LogP contribution is -2.30. The van der Waals surface area contributed by atoms with E-state index in [0.717, 1.165) is 39.3 Å². The van der Waals surface area contributed by atoms with E-state index in [4.69, 9.17) is 14.7 Å². The Morgan fingerprint density at radius 3 is 2.36 bits per heavy atom. The zero-order valence-corrected chi connectivity index (χ0v) is 9.16. The van der Waals surface area contributed by atoms with Gasteiger partial charge in [0, 0.05) is 46.9 Å². The molecule has 0 unspecified atom stereocenters. The minimum absolute atomic E-state index is 0.580. The number of nitrogens with zero attached hydrogens (tertiary/aromatic N) is 2. The predicted octanol–water partition coefficient (Wildman–Crippen LogP) is 0.885. The highest BCUT2D eigenvalue weighted by atomic mass is 16.5. The van der Waals surface area contributed by atoms with Gasteiger partial charge >= 0.3 is 0 Å². The third kappa shape index (κ3) is 7.99. The Morgan fingerprint density at radius 2 is 1.79 bits per heavy atom. The lowest BCUT2D eigenvalue weighted by molar-refractivity contribution is 0.134. The van der Waals surface area contributed by atoms with Gasteiger partial charge in [0.1, 0.15) is 0 Å². The van der Waals surface area contributed by atoms with E-state index in [1.165, 1.54) is 0 Å². The van der Waals surface area contributed by atoms with Gasteiger partial charge in [-0.3, -0.25) is 4.90 Å². The Labute approximate surface area is 86.4 Å². The van der Waals surface area contributed by atoms with Crippen LogP contribution in [0.1, 0.15) is 12.8 Å². The van der Waals surface area contributed by atoms with Crippen LogP contribution in [-0.4, -0.2) is 52.0 Å². The van der Waals surface area contributed by atoms with Gasteiger partial charge in [-0.2, -0.15) is 5.26 Å². The molecule has 14 heavy (non-hydrogen) atoms. The minimum atomic E-state index is 0.580. The molecule has 0 N–H and O–H groups in total. The van der Waals surface area contributed by atoms with Crippen LogP contribution in [0.15, 0.2) is 0 Å². The molecule has 82 valence electrons. The van der Waals surface area contributed by atoms with Crippen LogP contribution >= 0.6 is 0 Å². The molecule has 0 aromatic heterocycles. The van der Waals surface area contributed by atoms with Gasteiger partial charge in [-0.15, -0.1) is 0 Å². The van der Waals surface area contributed by atoms with Crippen molar-refractivity contribution in [2.24, 2.45) is 0 Å². The molecule has 0 rings (SSSR count). The van der Waals surface area contributed by atoms with Crippen LogP contribution in [0.2, 0.25) is 0 Å². The summed E-state index contributed by atoms with van der Waals surface area (Å²) in [5, 5.41) is 8.48. The average molecular weight is 200 g/mol. The fraction of sp³-hybridized carbons (Fsp3) is 0.900. The summed E-state index contributed by atoms with van der Waals surface area (Å²) >= 11 is 0. The summed E-state index contributed by atoms with van der Waals surface area (Å²) in [6.07, 6.45) is 1.59. The van der Waals surface area contributed by atoms with E-state index in [1.54, 1.807) is 14.2 Å². The molecule has 0 aliphatic rings. The highest BCUT2D eigenvalue weighted by Crippen LogP contribution is 1.94. The summed E-state index contributed by atoms with van der Waals surface area (Å²) in [6, 6.07) is 2.15. The molecule has 0 atom stereocenters. The normalized spacial score (nSPS) is 10.4. The highest BCUT2D eigenvalue weighted by molar-refractivity contribution is 4.72. The van der Waals surface area contributed by atoms with Gasteiger partial charge in [-0.1, -0.05) is 0 Å². The molecule has 0 aliphatic heterocycles. The second-order valence-corrected chi connectivity index (χ2v) is 3.09. The molecular weight excluding hydrogens is 180 g/mol. The van der Waals surface area contributed by atoms with Crippen LogP contribution in [0, 0.1) is 11.3 Å². The molecule has 0 aromatic carbocycles. The van der Waals surface area contributed by atoms with Gasteiger partial charge in [-0.25, -0.2) is 0 Å². The van der Waals surface area contributed by atoms with Crippen molar-refractivity contribution in [1.29, 1.82) is 5.26 Å². The molecular formula is C10H20N2O2. The molecule has 0 saturated heterocycles. The number of rotatable bonds is 9. The van der Waals surface area contributed by atoms with Gasteiger partial charge in [0.2, 0.25) is 0 Å². The van der Waals surface area contributed by atoms with Crippen LogP contribution in [0.4, 0.5) is 0 Å².